The fraction of sp³-hybridized carbons (Fsp3) is 0.458. The SMILES string of the molecule is CCc1ccccc1NC(=O)N1CCC(C2CC(c3cccc(OC)c3)NN2)CC1. The average Bonchev–Trinajstić information content (AvgIpc) is 3.30. The molecule has 30 heavy (non-hydrogen) atoms. The number of nitrogens with one attached hydrogen (secondary N) is 3. The lowest BCUT2D eigenvalue weighted by molar-refractivity contribution is 0.169. The number of benzene rings is 2. The number of amides is 2. The van der Waals surface area contributed by atoms with Crippen LogP contribution in [-0.4, -0.2) is 37.2 Å². The minimum absolute atomic E-state index is 0.0149. The molecule has 2 atom stereocenters. The molecule has 2 aromatic rings. The van der Waals surface area contributed by atoms with E-state index in [2.05, 4.69) is 41.3 Å². The maximum absolute atomic E-state index is 12.7. The number of rotatable bonds is 5. The Morgan fingerprint density at radius 1 is 1.13 bits per heavy atom. The van der Waals surface area contributed by atoms with Crippen LogP contribution in [0.3, 0.4) is 0 Å². The monoisotopic (exact) mass is 408 g/mol. The number of urea groups is 1. The van der Waals surface area contributed by atoms with Gasteiger partial charge in [0.25, 0.3) is 0 Å². The molecule has 2 aliphatic rings. The normalized spacial score (nSPS) is 22.1. The number of aryl methyl sites for hydroxylation is 1. The Bertz CT molecular complexity index is 864. The molecule has 0 aromatic heterocycles. The summed E-state index contributed by atoms with van der Waals surface area (Å²) in [7, 11) is 1.70. The molecule has 2 heterocycles. The largest absolute Gasteiger partial charge is 0.497 e. The van der Waals surface area contributed by atoms with Crippen LogP contribution in [0.4, 0.5) is 10.5 Å². The van der Waals surface area contributed by atoms with Gasteiger partial charge < -0.3 is 15.0 Å². The molecule has 3 N–H and O–H groups in total. The molecular formula is C24H32N4O2. The van der Waals surface area contributed by atoms with Gasteiger partial charge in [0.15, 0.2) is 0 Å². The maximum Gasteiger partial charge on any atom is 0.321 e. The fourth-order valence-corrected chi connectivity index (χ4v) is 4.62. The average molecular weight is 409 g/mol. The van der Waals surface area contributed by atoms with Gasteiger partial charge in [-0.15, -0.1) is 0 Å². The van der Waals surface area contributed by atoms with E-state index in [1.807, 2.05) is 35.2 Å². The Labute approximate surface area is 179 Å². The minimum atomic E-state index is 0.0149. The van der Waals surface area contributed by atoms with Crippen molar-refractivity contribution in [1.82, 2.24) is 15.8 Å². The molecule has 0 radical (unpaired) electrons. The van der Waals surface area contributed by atoms with Crippen LogP contribution in [0, 0.1) is 5.92 Å². The number of ether oxygens (including phenoxy) is 1. The van der Waals surface area contributed by atoms with E-state index in [4.69, 9.17) is 4.74 Å². The number of para-hydroxylation sites is 1. The Balaban J connectivity index is 1.29. The number of likely N-dealkylation sites (tertiary alicyclic amines) is 1. The molecule has 2 aliphatic heterocycles. The van der Waals surface area contributed by atoms with Crippen LogP contribution in [0.15, 0.2) is 48.5 Å². The van der Waals surface area contributed by atoms with Crippen LogP contribution < -0.4 is 20.9 Å². The molecule has 0 spiro atoms. The lowest BCUT2D eigenvalue weighted by Gasteiger charge is -2.34. The first kappa shape index (κ1) is 20.7. The predicted octanol–water partition coefficient (Wildman–Crippen LogP) is 4.11. The highest BCUT2D eigenvalue weighted by Gasteiger charge is 2.34. The summed E-state index contributed by atoms with van der Waals surface area (Å²) in [6.45, 7) is 3.71. The fourth-order valence-electron chi connectivity index (χ4n) is 4.62. The van der Waals surface area contributed by atoms with Crippen molar-refractivity contribution in [1.29, 1.82) is 0 Å². The molecule has 160 valence electrons. The van der Waals surface area contributed by atoms with Gasteiger partial charge in [0.1, 0.15) is 5.75 Å². The van der Waals surface area contributed by atoms with Crippen LogP contribution in [-0.2, 0) is 6.42 Å². The summed E-state index contributed by atoms with van der Waals surface area (Å²) in [5.74, 6) is 1.46. The first-order chi connectivity index (χ1) is 14.7. The minimum Gasteiger partial charge on any atom is -0.497 e. The second kappa shape index (κ2) is 9.49. The number of nitrogens with zero attached hydrogens (tertiary/aromatic N) is 1. The number of hydrazine groups is 1. The van der Waals surface area contributed by atoms with Gasteiger partial charge >= 0.3 is 6.03 Å². The summed E-state index contributed by atoms with van der Waals surface area (Å²) in [6, 6.07) is 17.0. The number of anilines is 1. The maximum atomic E-state index is 12.7. The van der Waals surface area contributed by atoms with Crippen LogP contribution in [0.25, 0.3) is 0 Å². The van der Waals surface area contributed by atoms with Crippen molar-refractivity contribution in [2.75, 3.05) is 25.5 Å². The van der Waals surface area contributed by atoms with Gasteiger partial charge in [0.2, 0.25) is 0 Å². The van der Waals surface area contributed by atoms with Crippen LogP contribution in [0.5, 0.6) is 5.75 Å². The predicted molar refractivity (Wildman–Crippen MR) is 120 cm³/mol. The zero-order valence-corrected chi connectivity index (χ0v) is 17.9. The van der Waals surface area contributed by atoms with Gasteiger partial charge in [-0.3, -0.25) is 10.9 Å². The second-order valence-electron chi connectivity index (χ2n) is 8.23. The molecule has 2 aromatic carbocycles. The van der Waals surface area contributed by atoms with Crippen molar-refractivity contribution < 1.29 is 9.53 Å². The first-order valence-electron chi connectivity index (χ1n) is 11.0. The molecule has 2 fully saturated rings. The first-order valence-corrected chi connectivity index (χ1v) is 11.0. The van der Waals surface area contributed by atoms with Crippen LogP contribution in [0.1, 0.15) is 43.4 Å². The van der Waals surface area contributed by atoms with Gasteiger partial charge in [-0.25, -0.2) is 4.79 Å². The number of carbonyl (C=O) groups is 1. The van der Waals surface area contributed by atoms with E-state index < -0.39 is 0 Å². The lowest BCUT2D eigenvalue weighted by atomic mass is 9.86. The molecule has 6 heteroatoms. The van der Waals surface area contributed by atoms with E-state index >= 15 is 0 Å². The van der Waals surface area contributed by atoms with Crippen molar-refractivity contribution in [3.63, 3.8) is 0 Å². The molecule has 0 aliphatic carbocycles. The molecule has 4 rings (SSSR count). The molecule has 2 unspecified atom stereocenters. The summed E-state index contributed by atoms with van der Waals surface area (Å²) in [4.78, 5) is 14.7. The molecule has 2 amide bonds. The molecule has 0 saturated carbocycles. The van der Waals surface area contributed by atoms with E-state index in [1.165, 1.54) is 11.1 Å². The Kier molecular flexibility index (Phi) is 6.55. The van der Waals surface area contributed by atoms with Crippen molar-refractivity contribution in [2.24, 2.45) is 5.92 Å². The van der Waals surface area contributed by atoms with Crippen molar-refractivity contribution in [3.8, 4) is 5.75 Å². The zero-order valence-electron chi connectivity index (χ0n) is 17.9. The number of methoxy groups -OCH3 is 1. The number of hydrogen-bond donors (Lipinski definition) is 3. The van der Waals surface area contributed by atoms with E-state index in [-0.39, 0.29) is 12.1 Å². The number of carbonyl (C=O) groups excluding carboxylic acids is 1. The summed E-state index contributed by atoms with van der Waals surface area (Å²) in [5, 5.41) is 3.10. The second-order valence-corrected chi connectivity index (χ2v) is 8.23. The third-order valence-corrected chi connectivity index (χ3v) is 6.46. The van der Waals surface area contributed by atoms with Crippen molar-refractivity contribution in [2.45, 2.75) is 44.7 Å². The van der Waals surface area contributed by atoms with E-state index in [1.54, 1.807) is 7.11 Å². The van der Waals surface area contributed by atoms with E-state index in [0.29, 0.717) is 12.0 Å². The third-order valence-electron chi connectivity index (χ3n) is 6.46. The van der Waals surface area contributed by atoms with Crippen LogP contribution >= 0.6 is 0 Å². The molecule has 6 nitrogen and oxygen atoms in total. The molecule has 0 bridgehead atoms. The molecule has 2 saturated heterocycles. The van der Waals surface area contributed by atoms with Crippen molar-refractivity contribution >= 4 is 11.7 Å². The smallest absolute Gasteiger partial charge is 0.321 e. The molecular weight excluding hydrogens is 376 g/mol. The summed E-state index contributed by atoms with van der Waals surface area (Å²) in [5.41, 5.74) is 10.3. The third kappa shape index (κ3) is 4.60. The van der Waals surface area contributed by atoms with E-state index in [0.717, 1.165) is 50.2 Å². The lowest BCUT2D eigenvalue weighted by Crippen LogP contribution is -2.45. The highest BCUT2D eigenvalue weighted by atomic mass is 16.5. The van der Waals surface area contributed by atoms with Crippen LogP contribution in [0.2, 0.25) is 0 Å². The Morgan fingerprint density at radius 2 is 1.93 bits per heavy atom. The van der Waals surface area contributed by atoms with Crippen molar-refractivity contribution in [3.05, 3.63) is 59.7 Å². The number of piperidine rings is 1. The van der Waals surface area contributed by atoms with Gasteiger partial charge in [0.05, 0.1) is 7.11 Å². The van der Waals surface area contributed by atoms with E-state index in [9.17, 15) is 4.79 Å². The highest BCUT2D eigenvalue weighted by Crippen LogP contribution is 2.32. The summed E-state index contributed by atoms with van der Waals surface area (Å²) < 4.78 is 5.36. The summed E-state index contributed by atoms with van der Waals surface area (Å²) in [6.07, 6.45) is 4.00. The Morgan fingerprint density at radius 3 is 2.70 bits per heavy atom. The number of hydrogen-bond acceptors (Lipinski definition) is 4. The van der Waals surface area contributed by atoms with Gasteiger partial charge in [0, 0.05) is 30.9 Å². The van der Waals surface area contributed by atoms with Gasteiger partial charge in [-0.2, -0.15) is 0 Å². The quantitative estimate of drug-likeness (QED) is 0.697. The highest BCUT2D eigenvalue weighted by molar-refractivity contribution is 5.90. The van der Waals surface area contributed by atoms with Gasteiger partial charge in [-0.05, 0) is 60.9 Å². The summed E-state index contributed by atoms with van der Waals surface area (Å²) >= 11 is 0. The zero-order chi connectivity index (χ0) is 20.9. The van der Waals surface area contributed by atoms with Gasteiger partial charge in [-0.1, -0.05) is 37.3 Å². The standard InChI is InChI=1S/C24H32N4O2/c1-3-17-7-4-5-10-21(17)25-24(29)28-13-11-18(12-14-28)22-16-23(27-26-22)19-8-6-9-20(15-19)30-2/h4-10,15,18,22-23,26-27H,3,11-14,16H2,1-2H3,(H,25,29). The topological polar surface area (TPSA) is 65.6 Å². The Hall–Kier alpha value is -2.57.